The van der Waals surface area contributed by atoms with Crippen molar-refractivity contribution in [3.8, 4) is 0 Å². The van der Waals surface area contributed by atoms with Gasteiger partial charge in [0.15, 0.2) is 0 Å². The number of hydrogen-bond donors (Lipinski definition) is 0. The predicted octanol–water partition coefficient (Wildman–Crippen LogP) is 4.11. The van der Waals surface area contributed by atoms with Gasteiger partial charge in [-0.2, -0.15) is 0 Å². The first-order valence-electron chi connectivity index (χ1n) is 5.85. The highest BCUT2D eigenvalue weighted by atomic mass is 35.6. The zero-order valence-electron chi connectivity index (χ0n) is 10.2. The molecular weight excluding hydrogens is 282 g/mol. The van der Waals surface area contributed by atoms with Crippen LogP contribution >= 0.6 is 34.8 Å². The topological polar surface area (TPSA) is 26.3 Å². The fourth-order valence-electron chi connectivity index (χ4n) is 3.72. The van der Waals surface area contributed by atoms with E-state index < -0.39 is 9.76 Å². The van der Waals surface area contributed by atoms with Gasteiger partial charge < -0.3 is 4.74 Å². The Balaban J connectivity index is 2.19. The van der Waals surface area contributed by atoms with Gasteiger partial charge in [-0.3, -0.25) is 0 Å². The van der Waals surface area contributed by atoms with E-state index >= 15 is 0 Å². The van der Waals surface area contributed by atoms with Crippen molar-refractivity contribution >= 4 is 40.8 Å². The number of ether oxygens (including phenoxy) is 1. The van der Waals surface area contributed by atoms with E-state index in [9.17, 15) is 4.79 Å². The van der Waals surface area contributed by atoms with E-state index in [1.165, 1.54) is 6.42 Å². The van der Waals surface area contributed by atoms with Gasteiger partial charge in [0.25, 0.3) is 3.79 Å². The van der Waals surface area contributed by atoms with Crippen molar-refractivity contribution in [1.29, 1.82) is 0 Å². The Hall–Kier alpha value is 0.340. The monoisotopic (exact) mass is 298 g/mol. The SMILES string of the molecule is CC1(C)[C@@H]2CC[C@@](C)(C2)[C@@H]1OC(=O)C(Cl)(Cl)Cl. The van der Waals surface area contributed by atoms with Gasteiger partial charge in [0.05, 0.1) is 0 Å². The molecule has 17 heavy (non-hydrogen) atoms. The van der Waals surface area contributed by atoms with Crippen LogP contribution in [0.15, 0.2) is 0 Å². The molecule has 2 bridgehead atoms. The molecule has 2 aliphatic carbocycles. The van der Waals surface area contributed by atoms with Gasteiger partial charge in [-0.1, -0.05) is 55.6 Å². The average molecular weight is 300 g/mol. The molecule has 2 fully saturated rings. The first-order chi connectivity index (χ1) is 7.57. The highest BCUT2D eigenvalue weighted by molar-refractivity contribution is 6.75. The molecule has 5 heteroatoms. The van der Waals surface area contributed by atoms with Gasteiger partial charge in [0.1, 0.15) is 6.10 Å². The van der Waals surface area contributed by atoms with Crippen molar-refractivity contribution in [2.24, 2.45) is 16.7 Å². The van der Waals surface area contributed by atoms with E-state index in [4.69, 9.17) is 39.5 Å². The Morgan fingerprint density at radius 3 is 2.29 bits per heavy atom. The lowest BCUT2D eigenvalue weighted by Crippen LogP contribution is -2.45. The quantitative estimate of drug-likeness (QED) is 0.538. The Morgan fingerprint density at radius 2 is 1.88 bits per heavy atom. The molecule has 0 heterocycles. The molecule has 0 radical (unpaired) electrons. The maximum Gasteiger partial charge on any atom is 0.358 e. The molecule has 0 aromatic rings. The number of rotatable bonds is 1. The second-order valence-electron chi connectivity index (χ2n) is 6.20. The first-order valence-corrected chi connectivity index (χ1v) is 6.98. The smallest absolute Gasteiger partial charge is 0.358 e. The number of alkyl halides is 3. The Morgan fingerprint density at radius 1 is 1.29 bits per heavy atom. The molecule has 2 nitrogen and oxygen atoms in total. The molecule has 2 rings (SSSR count). The summed E-state index contributed by atoms with van der Waals surface area (Å²) in [6.45, 7) is 6.44. The van der Waals surface area contributed by atoms with Crippen LogP contribution in [0.4, 0.5) is 0 Å². The third-order valence-corrected chi connectivity index (χ3v) is 5.06. The highest BCUT2D eigenvalue weighted by Crippen LogP contribution is 2.63. The number of esters is 1. The van der Waals surface area contributed by atoms with Gasteiger partial charge in [0.2, 0.25) is 0 Å². The summed E-state index contributed by atoms with van der Waals surface area (Å²) >= 11 is 16.7. The normalized spacial score (nSPS) is 39.4. The molecular formula is C12H17Cl3O2. The van der Waals surface area contributed by atoms with E-state index in [0.717, 1.165) is 12.8 Å². The van der Waals surface area contributed by atoms with Crippen LogP contribution in [-0.4, -0.2) is 15.9 Å². The van der Waals surface area contributed by atoms with Crippen LogP contribution in [-0.2, 0) is 9.53 Å². The van der Waals surface area contributed by atoms with Crippen molar-refractivity contribution in [1.82, 2.24) is 0 Å². The fourth-order valence-corrected chi connectivity index (χ4v) is 3.86. The molecule has 0 aromatic carbocycles. The lowest BCUT2D eigenvalue weighted by Gasteiger charge is -2.42. The minimum atomic E-state index is -1.98. The minimum Gasteiger partial charge on any atom is -0.458 e. The number of carbonyl (C=O) groups is 1. The summed E-state index contributed by atoms with van der Waals surface area (Å²) in [5, 5.41) is 0. The summed E-state index contributed by atoms with van der Waals surface area (Å²) in [5.41, 5.74) is 0.0122. The largest absolute Gasteiger partial charge is 0.458 e. The average Bonchev–Trinajstić information content (AvgIpc) is 2.62. The maximum atomic E-state index is 11.7. The van der Waals surface area contributed by atoms with Gasteiger partial charge >= 0.3 is 5.97 Å². The summed E-state index contributed by atoms with van der Waals surface area (Å²) in [5.74, 6) is -0.157. The molecule has 0 aliphatic heterocycles. The molecule has 3 atom stereocenters. The first kappa shape index (κ1) is 13.8. The molecule has 2 saturated carbocycles. The molecule has 0 N–H and O–H groups in total. The molecule has 0 saturated heterocycles. The van der Waals surface area contributed by atoms with Crippen LogP contribution < -0.4 is 0 Å². The molecule has 0 unspecified atom stereocenters. The van der Waals surface area contributed by atoms with Gasteiger partial charge in [0, 0.05) is 10.8 Å². The van der Waals surface area contributed by atoms with E-state index in [0.29, 0.717) is 5.92 Å². The Bertz CT molecular complexity index is 343. The number of fused-ring (bicyclic) bond motifs is 2. The highest BCUT2D eigenvalue weighted by Gasteiger charge is 2.62. The van der Waals surface area contributed by atoms with E-state index in [1.807, 2.05) is 0 Å². The van der Waals surface area contributed by atoms with E-state index in [2.05, 4.69) is 20.8 Å². The van der Waals surface area contributed by atoms with Crippen LogP contribution in [0.2, 0.25) is 0 Å². The van der Waals surface area contributed by atoms with Crippen molar-refractivity contribution in [3.05, 3.63) is 0 Å². The van der Waals surface area contributed by atoms with Crippen molar-refractivity contribution < 1.29 is 9.53 Å². The van der Waals surface area contributed by atoms with Crippen LogP contribution in [0, 0.1) is 16.7 Å². The van der Waals surface area contributed by atoms with E-state index in [1.54, 1.807) is 0 Å². The van der Waals surface area contributed by atoms with Crippen LogP contribution in [0.5, 0.6) is 0 Å². The lowest BCUT2D eigenvalue weighted by molar-refractivity contribution is -0.163. The molecule has 0 amide bonds. The van der Waals surface area contributed by atoms with Gasteiger partial charge in [-0.25, -0.2) is 4.79 Å². The zero-order valence-corrected chi connectivity index (χ0v) is 12.5. The van der Waals surface area contributed by atoms with Crippen LogP contribution in [0.25, 0.3) is 0 Å². The summed E-state index contributed by atoms with van der Waals surface area (Å²) in [6, 6.07) is 0. The molecule has 98 valence electrons. The second-order valence-corrected chi connectivity index (χ2v) is 8.48. The summed E-state index contributed by atoms with van der Waals surface area (Å²) in [4.78, 5) is 11.7. The number of carbonyl (C=O) groups excluding carboxylic acids is 1. The van der Waals surface area contributed by atoms with Crippen molar-refractivity contribution in [2.45, 2.75) is 49.9 Å². The molecule has 2 aliphatic rings. The van der Waals surface area contributed by atoms with Crippen LogP contribution in [0.3, 0.4) is 0 Å². The lowest BCUT2D eigenvalue weighted by atomic mass is 9.70. The number of hydrogen-bond acceptors (Lipinski definition) is 2. The second kappa shape index (κ2) is 3.91. The summed E-state index contributed by atoms with van der Waals surface area (Å²) in [7, 11) is 0. The minimum absolute atomic E-state index is 0.0292. The van der Waals surface area contributed by atoms with Crippen molar-refractivity contribution in [3.63, 3.8) is 0 Å². The molecule has 0 aromatic heterocycles. The number of halogens is 3. The maximum absolute atomic E-state index is 11.7. The molecule has 0 spiro atoms. The zero-order chi connectivity index (χ0) is 13.1. The fraction of sp³-hybridized carbons (Fsp3) is 0.917. The van der Waals surface area contributed by atoms with Crippen LogP contribution in [0.1, 0.15) is 40.0 Å². The third-order valence-electron chi connectivity index (χ3n) is 4.59. The summed E-state index contributed by atoms with van der Waals surface area (Å²) < 4.78 is 3.52. The Labute approximate surface area is 117 Å². The van der Waals surface area contributed by atoms with E-state index in [-0.39, 0.29) is 16.9 Å². The third kappa shape index (κ3) is 2.17. The summed E-state index contributed by atoms with van der Waals surface area (Å²) in [6.07, 6.45) is 3.22. The van der Waals surface area contributed by atoms with Crippen molar-refractivity contribution in [2.75, 3.05) is 0 Å². The standard InChI is InChI=1S/C12H17Cl3O2/c1-10(2)7-4-5-11(3,6-7)8(10)17-9(16)12(13,14)15/h7-8H,4-6H2,1-3H3/t7-,8-,11+/m1/s1. The van der Waals surface area contributed by atoms with Gasteiger partial charge in [-0.15, -0.1) is 0 Å². The Kier molecular flexibility index (Phi) is 3.17. The predicted molar refractivity (Wildman–Crippen MR) is 69.4 cm³/mol. The van der Waals surface area contributed by atoms with Gasteiger partial charge in [-0.05, 0) is 25.2 Å².